The lowest BCUT2D eigenvalue weighted by Crippen LogP contribution is -2.40. The first-order chi connectivity index (χ1) is 14.1. The first-order valence-electron chi connectivity index (χ1n) is 10.6. The quantitative estimate of drug-likeness (QED) is 0.307. The summed E-state index contributed by atoms with van der Waals surface area (Å²) in [4.78, 5) is 6.88. The second-order valence-corrected chi connectivity index (χ2v) is 7.75. The summed E-state index contributed by atoms with van der Waals surface area (Å²) in [6, 6.07) is 17.2. The van der Waals surface area contributed by atoms with Gasteiger partial charge < -0.3 is 20.3 Å². The van der Waals surface area contributed by atoms with E-state index in [1.165, 1.54) is 29.7 Å². The fourth-order valence-corrected chi connectivity index (χ4v) is 3.88. The summed E-state index contributed by atoms with van der Waals surface area (Å²) >= 11 is 0. The molecule has 2 N–H and O–H groups in total. The summed E-state index contributed by atoms with van der Waals surface area (Å²) in [5.41, 5.74) is 3.79. The molecule has 2 atom stereocenters. The molecule has 1 saturated heterocycles. The van der Waals surface area contributed by atoms with Crippen LogP contribution in [0.2, 0.25) is 0 Å². The molecule has 30 heavy (non-hydrogen) atoms. The third-order valence-corrected chi connectivity index (χ3v) is 5.66. The van der Waals surface area contributed by atoms with Crippen LogP contribution in [-0.4, -0.2) is 39.8 Å². The van der Waals surface area contributed by atoms with Gasteiger partial charge in [0, 0.05) is 38.3 Å². The number of aliphatic imine (C=N–C) groups is 1. The van der Waals surface area contributed by atoms with E-state index in [0.29, 0.717) is 5.92 Å². The highest BCUT2D eigenvalue weighted by molar-refractivity contribution is 14.0. The van der Waals surface area contributed by atoms with E-state index in [4.69, 9.17) is 4.74 Å². The Labute approximate surface area is 198 Å². The Bertz CT molecular complexity index is 820. The van der Waals surface area contributed by atoms with Crippen molar-refractivity contribution >= 4 is 35.6 Å². The maximum absolute atomic E-state index is 5.50. The Hall–Kier alpha value is -1.96. The molecule has 0 saturated carbocycles. The lowest BCUT2D eigenvalue weighted by atomic mass is 10.0. The Kier molecular flexibility index (Phi) is 9.75. The molecule has 0 spiro atoms. The highest BCUT2D eigenvalue weighted by Gasteiger charge is 2.15. The zero-order chi connectivity index (χ0) is 20.6. The molecule has 3 rings (SSSR count). The van der Waals surface area contributed by atoms with Gasteiger partial charge >= 0.3 is 0 Å². The molecule has 164 valence electrons. The van der Waals surface area contributed by atoms with Crippen LogP contribution >= 0.6 is 24.0 Å². The van der Waals surface area contributed by atoms with Crippen molar-refractivity contribution in [2.45, 2.75) is 38.6 Å². The number of hydrogen-bond donors (Lipinski definition) is 2. The minimum Gasteiger partial charge on any atom is -0.496 e. The summed E-state index contributed by atoms with van der Waals surface area (Å²) in [5.74, 6) is 2.04. The van der Waals surface area contributed by atoms with Gasteiger partial charge in [-0.3, -0.25) is 4.99 Å². The Balaban J connectivity index is 0.00000320. The molecule has 2 aromatic carbocycles. The van der Waals surface area contributed by atoms with E-state index in [9.17, 15) is 0 Å². The second-order valence-electron chi connectivity index (χ2n) is 7.75. The number of rotatable bonds is 7. The van der Waals surface area contributed by atoms with E-state index in [2.05, 4.69) is 70.8 Å². The molecule has 6 heteroatoms. The topological polar surface area (TPSA) is 48.9 Å². The van der Waals surface area contributed by atoms with Gasteiger partial charge in [-0.05, 0) is 49.1 Å². The first-order valence-corrected chi connectivity index (χ1v) is 10.6. The van der Waals surface area contributed by atoms with E-state index in [1.807, 2.05) is 19.2 Å². The minimum absolute atomic E-state index is 0. The van der Waals surface area contributed by atoms with Crippen molar-refractivity contribution in [1.82, 2.24) is 10.6 Å². The number of para-hydroxylation sites is 1. The molecule has 1 aliphatic heterocycles. The Morgan fingerprint density at radius 2 is 1.83 bits per heavy atom. The summed E-state index contributed by atoms with van der Waals surface area (Å²) in [6.07, 6.45) is 2.58. The van der Waals surface area contributed by atoms with E-state index in [-0.39, 0.29) is 30.0 Å². The van der Waals surface area contributed by atoms with Crippen molar-refractivity contribution < 1.29 is 4.74 Å². The summed E-state index contributed by atoms with van der Waals surface area (Å²) in [7, 11) is 3.54. The molecule has 0 aliphatic carbocycles. The zero-order valence-electron chi connectivity index (χ0n) is 18.5. The highest BCUT2D eigenvalue weighted by Crippen LogP contribution is 2.26. The van der Waals surface area contributed by atoms with Crippen LogP contribution < -0.4 is 20.3 Å². The van der Waals surface area contributed by atoms with Gasteiger partial charge in [-0.15, -0.1) is 24.0 Å². The van der Waals surface area contributed by atoms with Gasteiger partial charge in [-0.25, -0.2) is 0 Å². The summed E-state index contributed by atoms with van der Waals surface area (Å²) in [5, 5.41) is 6.99. The molecular weight excluding hydrogens is 487 g/mol. The third kappa shape index (κ3) is 6.27. The molecule has 1 aliphatic rings. The number of anilines is 1. The van der Waals surface area contributed by atoms with Crippen LogP contribution in [0.3, 0.4) is 0 Å². The van der Waals surface area contributed by atoms with Crippen LogP contribution in [0, 0.1) is 0 Å². The molecule has 0 aromatic heterocycles. The van der Waals surface area contributed by atoms with Crippen molar-refractivity contribution in [3.05, 3.63) is 59.7 Å². The minimum atomic E-state index is 0. The van der Waals surface area contributed by atoms with Gasteiger partial charge in [0.05, 0.1) is 13.2 Å². The van der Waals surface area contributed by atoms with Crippen LogP contribution in [-0.2, 0) is 0 Å². The number of methoxy groups -OCH3 is 1. The van der Waals surface area contributed by atoms with Crippen molar-refractivity contribution in [2.75, 3.05) is 38.7 Å². The van der Waals surface area contributed by atoms with Gasteiger partial charge in [0.2, 0.25) is 0 Å². The van der Waals surface area contributed by atoms with Gasteiger partial charge in [0.1, 0.15) is 5.75 Å². The van der Waals surface area contributed by atoms with Crippen molar-refractivity contribution in [1.29, 1.82) is 0 Å². The Morgan fingerprint density at radius 3 is 2.53 bits per heavy atom. The zero-order valence-corrected chi connectivity index (χ0v) is 20.9. The molecule has 1 heterocycles. The van der Waals surface area contributed by atoms with Crippen LogP contribution in [0.5, 0.6) is 5.75 Å². The second kappa shape index (κ2) is 12.0. The summed E-state index contributed by atoms with van der Waals surface area (Å²) < 4.78 is 5.50. The lowest BCUT2D eigenvalue weighted by molar-refractivity contribution is 0.406. The maximum Gasteiger partial charge on any atom is 0.191 e. The third-order valence-electron chi connectivity index (χ3n) is 5.66. The Morgan fingerprint density at radius 1 is 1.10 bits per heavy atom. The molecule has 5 nitrogen and oxygen atoms in total. The number of halogens is 1. The van der Waals surface area contributed by atoms with E-state index < -0.39 is 0 Å². The predicted octanol–water partition coefficient (Wildman–Crippen LogP) is 4.94. The fraction of sp³-hybridized carbons (Fsp3) is 0.458. The number of ether oxygens (including phenoxy) is 1. The van der Waals surface area contributed by atoms with Gasteiger partial charge in [0.25, 0.3) is 0 Å². The number of benzene rings is 2. The van der Waals surface area contributed by atoms with Gasteiger partial charge in [-0.1, -0.05) is 37.3 Å². The average molecular weight is 522 g/mol. The molecule has 1 fully saturated rings. The predicted molar refractivity (Wildman–Crippen MR) is 138 cm³/mol. The molecule has 2 unspecified atom stereocenters. The highest BCUT2D eigenvalue weighted by atomic mass is 127. The van der Waals surface area contributed by atoms with Crippen LogP contribution in [0.4, 0.5) is 5.69 Å². The number of hydrogen-bond acceptors (Lipinski definition) is 3. The largest absolute Gasteiger partial charge is 0.496 e. The number of nitrogens with zero attached hydrogens (tertiary/aromatic N) is 2. The lowest BCUT2D eigenvalue weighted by Gasteiger charge is -2.23. The first kappa shape index (κ1) is 24.3. The van der Waals surface area contributed by atoms with Crippen molar-refractivity contribution in [2.24, 2.45) is 4.99 Å². The smallest absolute Gasteiger partial charge is 0.191 e. The summed E-state index contributed by atoms with van der Waals surface area (Å²) in [6.45, 7) is 7.48. The number of guanidine groups is 1. The standard InChI is InChI=1S/C24H34N4O.HI/c1-18(22-12-5-6-13-23(22)29-4)17-26-24(25-3)27-19(2)20-10-9-11-21(16-20)28-14-7-8-15-28;/h5-6,9-13,16,18-19H,7-8,14-15,17H2,1-4H3,(H2,25,26,27);1H. The molecule has 0 amide bonds. The van der Waals surface area contributed by atoms with E-state index in [1.54, 1.807) is 7.11 Å². The monoisotopic (exact) mass is 522 g/mol. The molecular formula is C24H35IN4O. The van der Waals surface area contributed by atoms with Crippen LogP contribution in [0.15, 0.2) is 53.5 Å². The van der Waals surface area contributed by atoms with Crippen molar-refractivity contribution in [3.63, 3.8) is 0 Å². The number of nitrogens with one attached hydrogen (secondary N) is 2. The molecule has 0 bridgehead atoms. The van der Waals surface area contributed by atoms with E-state index in [0.717, 1.165) is 31.3 Å². The average Bonchev–Trinajstić information content (AvgIpc) is 3.31. The molecule has 2 aromatic rings. The maximum atomic E-state index is 5.50. The van der Waals surface area contributed by atoms with Gasteiger partial charge in [0.15, 0.2) is 5.96 Å². The SMILES string of the molecule is CN=C(NCC(C)c1ccccc1OC)NC(C)c1cccc(N2CCCC2)c1.I. The normalized spacial score (nSPS) is 15.9. The van der Waals surface area contributed by atoms with Crippen LogP contribution in [0.25, 0.3) is 0 Å². The van der Waals surface area contributed by atoms with E-state index >= 15 is 0 Å². The fourth-order valence-electron chi connectivity index (χ4n) is 3.88. The molecule has 0 radical (unpaired) electrons. The van der Waals surface area contributed by atoms with Gasteiger partial charge in [-0.2, -0.15) is 0 Å². The van der Waals surface area contributed by atoms with Crippen molar-refractivity contribution in [3.8, 4) is 5.75 Å². The van der Waals surface area contributed by atoms with Crippen LogP contribution in [0.1, 0.15) is 49.8 Å².